The van der Waals surface area contributed by atoms with Gasteiger partial charge in [0, 0.05) is 19.2 Å². The first-order valence-corrected chi connectivity index (χ1v) is 10.6. The third kappa shape index (κ3) is 4.48. The van der Waals surface area contributed by atoms with E-state index in [0.717, 1.165) is 5.71 Å². The summed E-state index contributed by atoms with van der Waals surface area (Å²) in [6, 6.07) is 2.86. The van der Waals surface area contributed by atoms with Gasteiger partial charge in [0.1, 0.15) is 11.7 Å². The molecule has 0 aliphatic carbocycles. The molecular weight excluding hydrogens is 430 g/mol. The summed E-state index contributed by atoms with van der Waals surface area (Å²) in [5.74, 6) is -0.602. The average molecular weight is 457 g/mol. The number of nitrogens with two attached hydrogens (primary N) is 1. The molecule has 2 unspecified atom stereocenters. The fourth-order valence-electron chi connectivity index (χ4n) is 3.96. The largest absolute Gasteiger partial charge is 0.382 e. The zero-order chi connectivity index (χ0) is 23.9. The van der Waals surface area contributed by atoms with E-state index in [-0.39, 0.29) is 35.3 Å². The highest BCUT2D eigenvalue weighted by molar-refractivity contribution is 5.88. The number of rotatable bonds is 4. The normalized spacial score (nSPS) is 18.4. The first kappa shape index (κ1) is 22.6. The number of nitrogens with zero attached hydrogens (tertiary/aromatic N) is 6. The molecule has 1 fully saturated rings. The lowest BCUT2D eigenvalue weighted by atomic mass is 10.0. The minimum Gasteiger partial charge on any atom is -0.382 e. The van der Waals surface area contributed by atoms with Crippen LogP contribution >= 0.6 is 0 Å². The van der Waals surface area contributed by atoms with Crippen molar-refractivity contribution >= 4 is 34.6 Å². The zero-order valence-corrected chi connectivity index (χ0v) is 18.9. The number of likely N-dealkylation sites (tertiary alicyclic amines) is 1. The maximum Gasteiger partial charge on any atom is 0.243 e. The molecule has 1 saturated heterocycles. The van der Waals surface area contributed by atoms with Crippen molar-refractivity contribution in [1.29, 1.82) is 0 Å². The van der Waals surface area contributed by atoms with Crippen LogP contribution in [-0.2, 0) is 4.79 Å². The van der Waals surface area contributed by atoms with Crippen molar-refractivity contribution in [2.75, 3.05) is 24.1 Å². The number of anilines is 2. The third-order valence-electron chi connectivity index (χ3n) is 5.57. The number of nitrogen functional groups attached to an aromatic ring is 1. The molecular formula is C22H26F2N8O. The lowest BCUT2D eigenvalue weighted by Gasteiger charge is -2.34. The van der Waals surface area contributed by atoms with Gasteiger partial charge in [0.2, 0.25) is 11.9 Å². The molecule has 3 N–H and O–H groups in total. The number of amides is 1. The van der Waals surface area contributed by atoms with Crippen LogP contribution in [0.4, 0.5) is 26.2 Å². The standard InChI is InChI=1S/C22H26F2N8O/c1-11(2)26-16-5-6-18(27-12(16)3)19-15(24)10-32-20(19)21(25)29-22(30-32)28-17-7-8-31(13(4)33)9-14(17)23/h5-6,10,14,17H,7-9H2,1-4H3,(H3,25,28,29,30). The van der Waals surface area contributed by atoms with E-state index in [1.807, 2.05) is 13.8 Å². The van der Waals surface area contributed by atoms with Gasteiger partial charge in [-0.3, -0.25) is 14.8 Å². The van der Waals surface area contributed by atoms with Crippen LogP contribution in [-0.4, -0.2) is 61.4 Å². The Morgan fingerprint density at radius 2 is 2.03 bits per heavy atom. The molecule has 0 bridgehead atoms. The topological polar surface area (TPSA) is 114 Å². The monoisotopic (exact) mass is 456 g/mol. The summed E-state index contributed by atoms with van der Waals surface area (Å²) in [4.78, 5) is 26.1. The number of hydrogen-bond donors (Lipinski definition) is 2. The number of aromatic nitrogens is 4. The van der Waals surface area contributed by atoms with Gasteiger partial charge in [-0.05, 0) is 39.3 Å². The number of halogens is 2. The molecule has 3 aromatic heterocycles. The van der Waals surface area contributed by atoms with Crippen LogP contribution in [0.2, 0.25) is 0 Å². The van der Waals surface area contributed by atoms with Crippen LogP contribution in [0.15, 0.2) is 23.3 Å². The van der Waals surface area contributed by atoms with Crippen molar-refractivity contribution in [3.8, 4) is 11.3 Å². The molecule has 4 heterocycles. The number of pyridine rings is 1. The minimum absolute atomic E-state index is 0.00433. The molecule has 0 radical (unpaired) electrons. The Hall–Kier alpha value is -3.63. The molecule has 1 amide bonds. The number of alkyl halides is 1. The van der Waals surface area contributed by atoms with Crippen LogP contribution < -0.4 is 11.1 Å². The van der Waals surface area contributed by atoms with Crippen LogP contribution in [0.25, 0.3) is 16.8 Å². The Morgan fingerprint density at radius 1 is 1.27 bits per heavy atom. The predicted octanol–water partition coefficient (Wildman–Crippen LogP) is 3.30. The van der Waals surface area contributed by atoms with Crippen LogP contribution in [0.1, 0.15) is 32.9 Å². The van der Waals surface area contributed by atoms with Gasteiger partial charge in [-0.2, -0.15) is 4.98 Å². The number of aryl methyl sites for hydroxylation is 1. The number of carbonyl (C=O) groups excluding carboxylic acids is 1. The highest BCUT2D eigenvalue weighted by Crippen LogP contribution is 2.32. The van der Waals surface area contributed by atoms with Crippen LogP contribution in [0, 0.1) is 12.7 Å². The molecule has 174 valence electrons. The molecule has 0 saturated carbocycles. The Bertz CT molecular complexity index is 1250. The molecule has 2 atom stereocenters. The summed E-state index contributed by atoms with van der Waals surface area (Å²) in [5, 5.41) is 7.22. The highest BCUT2D eigenvalue weighted by Gasteiger charge is 2.31. The lowest BCUT2D eigenvalue weighted by molar-refractivity contribution is -0.131. The van der Waals surface area contributed by atoms with Gasteiger partial charge >= 0.3 is 0 Å². The van der Waals surface area contributed by atoms with Crippen molar-refractivity contribution in [1.82, 2.24) is 24.5 Å². The molecule has 1 aliphatic rings. The summed E-state index contributed by atoms with van der Waals surface area (Å²) in [7, 11) is 0. The molecule has 0 aromatic carbocycles. The van der Waals surface area contributed by atoms with E-state index in [2.05, 4.69) is 25.4 Å². The second-order valence-electron chi connectivity index (χ2n) is 8.35. The molecule has 0 spiro atoms. The predicted molar refractivity (Wildman–Crippen MR) is 123 cm³/mol. The van der Waals surface area contributed by atoms with Crippen molar-refractivity contribution in [2.24, 2.45) is 4.99 Å². The first-order valence-electron chi connectivity index (χ1n) is 10.6. The summed E-state index contributed by atoms with van der Waals surface area (Å²) in [5.41, 5.74) is 9.25. The third-order valence-corrected chi connectivity index (χ3v) is 5.57. The minimum atomic E-state index is -1.29. The van der Waals surface area contributed by atoms with E-state index in [0.29, 0.717) is 30.0 Å². The quantitative estimate of drug-likeness (QED) is 0.583. The van der Waals surface area contributed by atoms with Crippen LogP contribution in [0.5, 0.6) is 0 Å². The average Bonchev–Trinajstić information content (AvgIpc) is 3.07. The zero-order valence-electron chi connectivity index (χ0n) is 18.9. The highest BCUT2D eigenvalue weighted by atomic mass is 19.1. The van der Waals surface area contributed by atoms with E-state index in [1.54, 1.807) is 19.1 Å². The lowest BCUT2D eigenvalue weighted by Crippen LogP contribution is -2.49. The van der Waals surface area contributed by atoms with Crippen molar-refractivity contribution in [2.45, 2.75) is 46.3 Å². The second kappa shape index (κ2) is 8.72. The van der Waals surface area contributed by atoms with E-state index in [1.165, 1.54) is 22.5 Å². The number of piperidine rings is 1. The number of hydrogen-bond acceptors (Lipinski definition) is 7. The van der Waals surface area contributed by atoms with Gasteiger partial charge in [-0.1, -0.05) is 0 Å². The van der Waals surface area contributed by atoms with Gasteiger partial charge in [-0.15, -0.1) is 5.10 Å². The number of aliphatic imine (C=N–C) groups is 1. The fourth-order valence-corrected chi connectivity index (χ4v) is 3.96. The molecule has 4 rings (SSSR count). The van der Waals surface area contributed by atoms with Crippen molar-refractivity contribution < 1.29 is 13.6 Å². The second-order valence-corrected chi connectivity index (χ2v) is 8.35. The summed E-state index contributed by atoms with van der Waals surface area (Å²) in [6.07, 6.45) is 0.293. The SMILES string of the molecule is CC(=O)N1CCC(Nc2nc(N)c3c(-c4ccc(N=C(C)C)c(C)n4)c(F)cn3n2)C(F)C1. The van der Waals surface area contributed by atoms with E-state index in [4.69, 9.17) is 5.73 Å². The first-order chi connectivity index (χ1) is 15.6. The fraction of sp³-hybridized carbons (Fsp3) is 0.409. The summed E-state index contributed by atoms with van der Waals surface area (Å²) >= 11 is 0. The number of fused-ring (bicyclic) bond motifs is 1. The van der Waals surface area contributed by atoms with Gasteiger partial charge < -0.3 is 16.0 Å². The molecule has 1 aliphatic heterocycles. The van der Waals surface area contributed by atoms with Gasteiger partial charge in [0.05, 0.1) is 41.4 Å². The summed E-state index contributed by atoms with van der Waals surface area (Å²) in [6.45, 7) is 7.41. The number of carbonyl (C=O) groups is 1. The van der Waals surface area contributed by atoms with Gasteiger partial charge in [0.25, 0.3) is 0 Å². The smallest absolute Gasteiger partial charge is 0.243 e. The molecule has 33 heavy (non-hydrogen) atoms. The Balaban J connectivity index is 1.65. The Kier molecular flexibility index (Phi) is 5.96. The van der Waals surface area contributed by atoms with E-state index < -0.39 is 18.0 Å². The van der Waals surface area contributed by atoms with E-state index in [9.17, 15) is 13.6 Å². The van der Waals surface area contributed by atoms with Crippen molar-refractivity contribution in [3.05, 3.63) is 29.8 Å². The maximum absolute atomic E-state index is 15.0. The van der Waals surface area contributed by atoms with Crippen LogP contribution in [0.3, 0.4) is 0 Å². The summed E-state index contributed by atoms with van der Waals surface area (Å²) < 4.78 is 30.8. The van der Waals surface area contributed by atoms with Crippen molar-refractivity contribution in [3.63, 3.8) is 0 Å². The molecule has 9 nitrogen and oxygen atoms in total. The number of nitrogens with one attached hydrogen (secondary N) is 1. The van der Waals surface area contributed by atoms with Gasteiger partial charge in [-0.25, -0.2) is 13.3 Å². The maximum atomic E-state index is 15.0. The molecule has 11 heteroatoms. The van der Waals surface area contributed by atoms with Gasteiger partial charge in [0.15, 0.2) is 11.6 Å². The van der Waals surface area contributed by atoms with E-state index >= 15 is 0 Å². The molecule has 3 aromatic rings. The Morgan fingerprint density at radius 3 is 2.67 bits per heavy atom. The Labute approximate surface area is 189 Å².